The number of nitrogen functional groups attached to an aromatic ring is 1. The lowest BCUT2D eigenvalue weighted by Gasteiger charge is -2.47. The van der Waals surface area contributed by atoms with Gasteiger partial charge in [-0.15, -0.1) is 0 Å². The minimum atomic E-state index is -0.295. The Hall–Kier alpha value is -1.67. The Bertz CT molecular complexity index is 489. The van der Waals surface area contributed by atoms with E-state index in [4.69, 9.17) is 15.3 Å². The Morgan fingerprint density at radius 2 is 1.81 bits per heavy atom. The van der Waals surface area contributed by atoms with Crippen molar-refractivity contribution in [3.8, 4) is 6.01 Å². The average molecular weight is 296 g/mol. The van der Waals surface area contributed by atoms with Crippen LogP contribution in [0.1, 0.15) is 34.6 Å². The van der Waals surface area contributed by atoms with E-state index in [9.17, 15) is 0 Å². The zero-order chi connectivity index (χ0) is 15.7. The lowest BCUT2D eigenvalue weighted by Crippen LogP contribution is -2.57. The van der Waals surface area contributed by atoms with Crippen molar-refractivity contribution >= 4 is 11.9 Å². The predicted molar refractivity (Wildman–Crippen MR) is 80.3 cm³/mol. The van der Waals surface area contributed by atoms with Gasteiger partial charge in [0.1, 0.15) is 0 Å². The molecule has 0 radical (unpaired) electrons. The largest absolute Gasteiger partial charge is 0.464 e. The van der Waals surface area contributed by atoms with Gasteiger partial charge >= 0.3 is 6.01 Å². The molecule has 1 saturated heterocycles. The fourth-order valence-electron chi connectivity index (χ4n) is 2.67. The van der Waals surface area contributed by atoms with Crippen molar-refractivity contribution in [1.82, 2.24) is 15.0 Å². The maximum atomic E-state index is 6.06. The number of hydrogen-bond acceptors (Lipinski definition) is 8. The number of rotatable bonds is 4. The Labute approximate surface area is 125 Å². The molecule has 2 heterocycles. The molecule has 1 aliphatic heterocycles. The molecule has 8 nitrogen and oxygen atoms in total. The highest BCUT2D eigenvalue weighted by molar-refractivity contribution is 5.39. The van der Waals surface area contributed by atoms with Gasteiger partial charge in [0.2, 0.25) is 11.9 Å². The van der Waals surface area contributed by atoms with E-state index in [2.05, 4.69) is 25.3 Å². The van der Waals surface area contributed by atoms with Crippen LogP contribution in [-0.2, 0) is 4.74 Å². The zero-order valence-electron chi connectivity index (χ0n) is 13.3. The number of nitrogens with two attached hydrogens (primary N) is 1. The molecule has 8 heteroatoms. The Morgan fingerprint density at radius 1 is 1.19 bits per heavy atom. The quantitative estimate of drug-likeness (QED) is 0.626. The Kier molecular flexibility index (Phi) is 4.20. The monoisotopic (exact) mass is 296 g/mol. The van der Waals surface area contributed by atoms with Gasteiger partial charge in [-0.1, -0.05) is 0 Å². The molecule has 0 unspecified atom stereocenters. The highest BCUT2D eigenvalue weighted by Crippen LogP contribution is 2.30. The average Bonchev–Trinajstić information content (AvgIpc) is 2.35. The topological polar surface area (TPSA) is 98.4 Å². The number of hydrazine groups is 1. The first-order valence-corrected chi connectivity index (χ1v) is 7.05. The molecule has 1 aliphatic rings. The number of ether oxygens (including phenoxy) is 2. The minimum Gasteiger partial charge on any atom is -0.464 e. The number of hydrogen-bond donors (Lipinski definition) is 2. The van der Waals surface area contributed by atoms with E-state index in [1.54, 1.807) is 0 Å². The zero-order valence-corrected chi connectivity index (χ0v) is 13.3. The highest BCUT2D eigenvalue weighted by Gasteiger charge is 2.39. The van der Waals surface area contributed by atoms with Gasteiger partial charge < -0.3 is 14.4 Å². The molecule has 0 amide bonds. The normalized spacial score (nSPS) is 20.2. The second-order valence-electron chi connectivity index (χ2n) is 6.30. The van der Waals surface area contributed by atoms with Crippen LogP contribution in [0.15, 0.2) is 0 Å². The van der Waals surface area contributed by atoms with Crippen LogP contribution in [0.4, 0.5) is 11.9 Å². The van der Waals surface area contributed by atoms with Crippen LogP contribution in [0.5, 0.6) is 6.01 Å². The van der Waals surface area contributed by atoms with E-state index in [1.165, 1.54) is 0 Å². The summed E-state index contributed by atoms with van der Waals surface area (Å²) in [6.07, 6.45) is 0. The van der Waals surface area contributed by atoms with Crippen LogP contribution in [0, 0.1) is 0 Å². The summed E-state index contributed by atoms with van der Waals surface area (Å²) < 4.78 is 11.4. The first kappa shape index (κ1) is 15.7. The van der Waals surface area contributed by atoms with Crippen molar-refractivity contribution in [1.29, 1.82) is 0 Å². The van der Waals surface area contributed by atoms with Crippen LogP contribution in [0.25, 0.3) is 0 Å². The van der Waals surface area contributed by atoms with Crippen LogP contribution in [0.3, 0.4) is 0 Å². The maximum absolute atomic E-state index is 6.06. The minimum absolute atomic E-state index is 0.262. The standard InChI is InChI=1S/C13H24N6O2/c1-6-20-11-16-9(18-14)15-10(17-11)19-7-12(2,3)21-13(4,5)8-19/h6-8,14H2,1-5H3,(H,15,16,17,18). The molecular formula is C13H24N6O2. The smallest absolute Gasteiger partial charge is 0.323 e. The fraction of sp³-hybridized carbons (Fsp3) is 0.769. The highest BCUT2D eigenvalue weighted by atomic mass is 16.5. The maximum Gasteiger partial charge on any atom is 0.323 e. The first-order chi connectivity index (χ1) is 9.74. The predicted octanol–water partition coefficient (Wildman–Crippen LogP) is 0.950. The van der Waals surface area contributed by atoms with E-state index in [1.807, 2.05) is 34.6 Å². The summed E-state index contributed by atoms with van der Waals surface area (Å²) >= 11 is 0. The molecule has 1 fully saturated rings. The summed E-state index contributed by atoms with van der Waals surface area (Å²) in [5.41, 5.74) is 1.86. The van der Waals surface area contributed by atoms with Crippen LogP contribution < -0.4 is 20.9 Å². The summed E-state index contributed by atoms with van der Waals surface area (Å²) in [6.45, 7) is 11.9. The molecule has 118 valence electrons. The molecular weight excluding hydrogens is 272 g/mol. The van der Waals surface area contributed by atoms with Gasteiger partial charge in [-0.2, -0.15) is 15.0 Å². The molecule has 1 aromatic heterocycles. The van der Waals surface area contributed by atoms with Gasteiger partial charge in [0.25, 0.3) is 0 Å². The molecule has 0 atom stereocenters. The second-order valence-corrected chi connectivity index (χ2v) is 6.30. The molecule has 0 aromatic carbocycles. The van der Waals surface area contributed by atoms with Gasteiger partial charge in [-0.25, -0.2) is 5.84 Å². The molecule has 21 heavy (non-hydrogen) atoms. The van der Waals surface area contributed by atoms with E-state index < -0.39 is 0 Å². The molecule has 2 rings (SSSR count). The summed E-state index contributed by atoms with van der Waals surface area (Å²) in [5.74, 6) is 6.23. The van der Waals surface area contributed by atoms with Crippen LogP contribution in [0.2, 0.25) is 0 Å². The molecule has 3 N–H and O–H groups in total. The van der Waals surface area contributed by atoms with Gasteiger partial charge in [0.15, 0.2) is 0 Å². The van der Waals surface area contributed by atoms with E-state index >= 15 is 0 Å². The van der Waals surface area contributed by atoms with Crippen LogP contribution >= 0.6 is 0 Å². The summed E-state index contributed by atoms with van der Waals surface area (Å²) in [4.78, 5) is 14.8. The summed E-state index contributed by atoms with van der Waals surface area (Å²) in [6, 6.07) is 0.262. The third kappa shape index (κ3) is 3.92. The molecule has 0 bridgehead atoms. The van der Waals surface area contributed by atoms with Crippen molar-refractivity contribution in [3.63, 3.8) is 0 Å². The first-order valence-electron chi connectivity index (χ1n) is 7.05. The van der Waals surface area contributed by atoms with Crippen molar-refractivity contribution < 1.29 is 9.47 Å². The summed E-state index contributed by atoms with van der Waals surface area (Å²) in [5, 5.41) is 0. The number of morpholine rings is 1. The van der Waals surface area contributed by atoms with Crippen molar-refractivity contribution in [3.05, 3.63) is 0 Å². The molecule has 0 aliphatic carbocycles. The Morgan fingerprint density at radius 3 is 2.33 bits per heavy atom. The van der Waals surface area contributed by atoms with Gasteiger partial charge in [-0.05, 0) is 34.6 Å². The molecule has 0 spiro atoms. The SMILES string of the molecule is CCOc1nc(NN)nc(N2CC(C)(C)OC(C)(C)C2)n1. The number of anilines is 2. The lowest BCUT2D eigenvalue weighted by atomic mass is 9.99. The summed E-state index contributed by atoms with van der Waals surface area (Å²) in [7, 11) is 0. The van der Waals surface area contributed by atoms with Gasteiger partial charge in [0.05, 0.1) is 17.8 Å². The Balaban J connectivity index is 2.33. The van der Waals surface area contributed by atoms with Gasteiger partial charge in [-0.3, -0.25) is 5.43 Å². The van der Waals surface area contributed by atoms with E-state index in [0.29, 0.717) is 25.6 Å². The number of nitrogens with zero attached hydrogens (tertiary/aromatic N) is 4. The third-order valence-electron chi connectivity index (χ3n) is 2.98. The van der Waals surface area contributed by atoms with E-state index in [0.717, 1.165) is 0 Å². The second kappa shape index (κ2) is 5.61. The molecule has 0 saturated carbocycles. The van der Waals surface area contributed by atoms with Crippen molar-refractivity contribution in [2.24, 2.45) is 5.84 Å². The van der Waals surface area contributed by atoms with E-state index in [-0.39, 0.29) is 23.2 Å². The molecule has 1 aromatic rings. The lowest BCUT2D eigenvalue weighted by molar-refractivity contribution is -0.133. The van der Waals surface area contributed by atoms with Crippen molar-refractivity contribution in [2.45, 2.75) is 45.8 Å². The van der Waals surface area contributed by atoms with Crippen LogP contribution in [-0.4, -0.2) is 45.9 Å². The number of aromatic nitrogens is 3. The fourth-order valence-corrected chi connectivity index (χ4v) is 2.67. The third-order valence-corrected chi connectivity index (χ3v) is 2.98. The van der Waals surface area contributed by atoms with Crippen molar-refractivity contribution in [2.75, 3.05) is 30.0 Å². The number of nitrogens with one attached hydrogen (secondary N) is 1. The van der Waals surface area contributed by atoms with Gasteiger partial charge in [0, 0.05) is 13.1 Å².